The summed E-state index contributed by atoms with van der Waals surface area (Å²) >= 11 is 0. The molecule has 3 fully saturated rings. The largest absolute Gasteiger partial charge is 0.444 e. The molecule has 7 aliphatic rings. The number of Topliss-reactive ketones (excluding diaryl/α,β-unsaturated/α-hetero) is 1. The highest BCUT2D eigenvalue weighted by atomic mass is 16.7. The fraction of sp³-hybridized carbons (Fsp3) is 0.500. The Hall–Kier alpha value is -12.5. The lowest BCUT2D eigenvalue weighted by Gasteiger charge is -2.30. The second-order valence-corrected chi connectivity index (χ2v) is 33.9. The molecule has 33 heteroatoms. The van der Waals surface area contributed by atoms with Crippen LogP contribution < -0.4 is 38.1 Å². The van der Waals surface area contributed by atoms with Crippen LogP contribution in [-0.2, 0) is 80.1 Å². The van der Waals surface area contributed by atoms with E-state index >= 15 is 0 Å². The molecular formula is C94H122N16O17. The zero-order valence-electron chi connectivity index (χ0n) is 74.1. The Balaban J connectivity index is 0.000000225. The number of rotatable bonds is 37. The maximum atomic E-state index is 13.5. The zero-order valence-corrected chi connectivity index (χ0v) is 74.1. The Bertz CT molecular complexity index is 4830. The minimum Gasteiger partial charge on any atom is -0.444 e. The number of ether oxygens (including phenoxy) is 1. The van der Waals surface area contributed by atoms with E-state index in [1.807, 2.05) is 49.6 Å². The molecule has 2 aromatic carbocycles. The van der Waals surface area contributed by atoms with E-state index in [2.05, 4.69) is 46.5 Å². The molecule has 5 aliphatic heterocycles. The third kappa shape index (κ3) is 30.6. The molecule has 680 valence electrons. The van der Waals surface area contributed by atoms with Gasteiger partial charge in [0.2, 0.25) is 23.6 Å². The molecule has 2 aromatic heterocycles. The predicted molar refractivity (Wildman–Crippen MR) is 478 cm³/mol. The zero-order chi connectivity index (χ0) is 91.7. The van der Waals surface area contributed by atoms with Gasteiger partial charge in [-0.1, -0.05) is 52.7 Å². The number of aryl methyl sites for hydroxylation is 1. The fourth-order valence-corrected chi connectivity index (χ4v) is 15.8. The number of nitrogens with two attached hydrogens (primary N) is 2. The van der Waals surface area contributed by atoms with Crippen LogP contribution in [0.2, 0.25) is 0 Å². The van der Waals surface area contributed by atoms with Crippen LogP contribution >= 0.6 is 0 Å². The van der Waals surface area contributed by atoms with Crippen molar-refractivity contribution >= 4 is 135 Å². The smallest absolute Gasteiger partial charge is 0.413 e. The lowest BCUT2D eigenvalue weighted by molar-refractivity contribution is -0.197. The van der Waals surface area contributed by atoms with Gasteiger partial charge in [-0.3, -0.25) is 87.4 Å². The van der Waals surface area contributed by atoms with Gasteiger partial charge in [0.05, 0.1) is 35.1 Å². The number of unbranched alkanes of at least 4 members (excludes halogenated alkanes) is 4. The molecule has 0 spiro atoms. The number of ketones is 1. The molecule has 0 unspecified atom stereocenters. The van der Waals surface area contributed by atoms with Crippen LogP contribution in [0, 0.1) is 23.7 Å². The van der Waals surface area contributed by atoms with E-state index in [1.165, 1.54) is 34.1 Å². The van der Waals surface area contributed by atoms with Crippen LogP contribution in [-0.4, -0.2) is 193 Å². The van der Waals surface area contributed by atoms with Crippen molar-refractivity contribution in [1.29, 1.82) is 0 Å². The van der Waals surface area contributed by atoms with Crippen LogP contribution in [0.15, 0.2) is 119 Å². The van der Waals surface area contributed by atoms with E-state index in [1.54, 1.807) is 94.1 Å². The number of imide groups is 3. The van der Waals surface area contributed by atoms with E-state index in [-0.39, 0.29) is 126 Å². The molecule has 11 rings (SSSR count). The van der Waals surface area contributed by atoms with Crippen LogP contribution in [0.5, 0.6) is 0 Å². The summed E-state index contributed by atoms with van der Waals surface area (Å²) in [6, 6.07) is 13.8. The number of benzene rings is 2. The number of aromatic nitrogens is 2. The molecule has 13 amide bonds. The normalized spacial score (nSPS) is 17.7. The number of pyridine rings is 2. The number of carbonyl (C=O) groups excluding carboxylic acids is 15. The van der Waals surface area contributed by atoms with Crippen molar-refractivity contribution in [2.45, 2.75) is 228 Å². The first kappa shape index (κ1) is 98.2. The minimum atomic E-state index is -0.706. The van der Waals surface area contributed by atoms with Gasteiger partial charge in [-0.25, -0.2) is 19.6 Å². The van der Waals surface area contributed by atoms with Crippen LogP contribution in [0.4, 0.5) is 27.5 Å². The van der Waals surface area contributed by atoms with E-state index < -0.39 is 29.5 Å². The van der Waals surface area contributed by atoms with E-state index in [0.29, 0.717) is 159 Å². The molecule has 7 heterocycles. The topological polar surface area (TPSA) is 453 Å². The lowest BCUT2D eigenvalue weighted by atomic mass is 9.81. The summed E-state index contributed by atoms with van der Waals surface area (Å²) in [5, 5.41) is 14.9. The monoisotopic (exact) mass is 1750 g/mol. The number of nitrogens with zero attached hydrogens (tertiary/aromatic N) is 9. The fourth-order valence-electron chi connectivity index (χ4n) is 15.8. The van der Waals surface area contributed by atoms with Gasteiger partial charge < -0.3 is 52.1 Å². The number of hydroxylamine groups is 2. The Morgan fingerprint density at radius 3 is 1.41 bits per heavy atom. The number of alkyl carbamates (subject to hydrolysis) is 1. The SMILES string of the molecule is CCCN(CCC)C(=O)C1=Cc2ccc(C(=O)Nc3cncc(CCC(=O)CCCCCNC(=O)C4CCC(CN5C(=O)C=CC5=O)CC4)c3)cc2N=C(N)C1.CCCN(CCC)C(=O)C1=Cc2ccc(C(=O)Nc3cncc(CN)c3)cc2N=C(NC(=O)OC(C)(C)C)C1.O=C(CCCCCNC(=O)C1CCC(CN2C(=O)C=CC2=O)CC1)ON1C(=O)CCC1=O. The average molecular weight is 1750 g/mol. The number of hydrogen-bond donors (Lipinski definition) is 7. The summed E-state index contributed by atoms with van der Waals surface area (Å²) in [4.78, 5) is 213. The maximum Gasteiger partial charge on any atom is 0.413 e. The van der Waals surface area contributed by atoms with Gasteiger partial charge in [0.15, 0.2) is 0 Å². The molecule has 127 heavy (non-hydrogen) atoms. The van der Waals surface area contributed by atoms with Gasteiger partial charge >= 0.3 is 12.1 Å². The summed E-state index contributed by atoms with van der Waals surface area (Å²) < 4.78 is 5.41. The van der Waals surface area contributed by atoms with Gasteiger partial charge in [0.1, 0.15) is 23.1 Å². The first-order valence-corrected chi connectivity index (χ1v) is 44.5. The molecule has 0 radical (unpaired) electrons. The molecule has 1 saturated heterocycles. The lowest BCUT2D eigenvalue weighted by Crippen LogP contribution is -2.38. The number of amidine groups is 2. The maximum absolute atomic E-state index is 13.5. The first-order valence-electron chi connectivity index (χ1n) is 44.5. The summed E-state index contributed by atoms with van der Waals surface area (Å²) in [7, 11) is 0. The Kier molecular flexibility index (Phi) is 37.8. The quantitative estimate of drug-likeness (QED) is 0.0163. The first-order chi connectivity index (χ1) is 60.9. The van der Waals surface area contributed by atoms with Crippen LogP contribution in [0.3, 0.4) is 0 Å². The molecule has 33 nitrogen and oxygen atoms in total. The highest BCUT2D eigenvalue weighted by molar-refractivity contribution is 6.14. The number of nitrogens with one attached hydrogen (secondary N) is 5. The second kappa shape index (κ2) is 48.8. The van der Waals surface area contributed by atoms with Crippen molar-refractivity contribution < 1.29 is 81.5 Å². The van der Waals surface area contributed by atoms with Crippen LogP contribution in [0.25, 0.3) is 12.2 Å². The highest BCUT2D eigenvalue weighted by Gasteiger charge is 2.36. The highest BCUT2D eigenvalue weighted by Crippen LogP contribution is 2.35. The molecule has 2 saturated carbocycles. The van der Waals surface area contributed by atoms with Crippen LogP contribution in [0.1, 0.15) is 252 Å². The molecule has 0 bridgehead atoms. The van der Waals surface area contributed by atoms with Crippen molar-refractivity contribution in [3.05, 3.63) is 142 Å². The summed E-state index contributed by atoms with van der Waals surface area (Å²) in [5.74, 6) is -2.32. The van der Waals surface area contributed by atoms with Crippen molar-refractivity contribution in [3.63, 3.8) is 0 Å². The summed E-state index contributed by atoms with van der Waals surface area (Å²) in [6.45, 7) is 18.3. The van der Waals surface area contributed by atoms with E-state index in [9.17, 15) is 71.9 Å². The number of fused-ring (bicyclic) bond motifs is 2. The molecular weight excluding hydrogens is 1630 g/mol. The van der Waals surface area contributed by atoms with E-state index in [0.717, 1.165) is 113 Å². The average Bonchev–Trinajstić information content (AvgIpc) is 1.85. The summed E-state index contributed by atoms with van der Waals surface area (Å²) in [6.07, 6.45) is 30.4. The van der Waals surface area contributed by atoms with Gasteiger partial charge in [0.25, 0.3) is 47.3 Å². The van der Waals surface area contributed by atoms with Gasteiger partial charge in [-0.15, -0.1) is 5.06 Å². The minimum absolute atomic E-state index is 0.0175. The Morgan fingerprint density at radius 2 is 0.953 bits per heavy atom. The Labute approximate surface area is 741 Å². The number of anilines is 2. The third-order valence-corrected chi connectivity index (χ3v) is 22.4. The molecule has 4 aromatic rings. The van der Waals surface area contributed by atoms with Crippen molar-refractivity contribution in [3.8, 4) is 0 Å². The molecule has 9 N–H and O–H groups in total. The number of amides is 13. The molecule has 2 aliphatic carbocycles. The molecule has 0 atom stereocenters. The number of hydrogen-bond acceptors (Lipinski definition) is 23. The van der Waals surface area contributed by atoms with Crippen molar-refractivity contribution in [2.24, 2.45) is 45.1 Å². The standard InChI is InChI=1S/C43H55N7O6.C29H38N6O4.C22H29N3O7/c1-3-20-49(21-4-2)43(56)34-23-32-14-15-33(24-37(32)48-38(44)25-34)42(55)47-35-22-30(26-45-27-35)11-16-36(51)8-6-5-7-19-46-41(54)31-12-9-29(10-13-31)28-50-39(52)17-18-40(50)53;1-6-10-35(11-7-2)27(37)22-13-20-8-9-21(26(36)32-23-12-19(16-30)17-31-18-23)14-24(20)33-25(15-22)34-28(38)39-29(3,4)5;26-17-9-10-18(27)24(17)14-15-5-7-16(8-6-15)22(31)23-13-3-1-2-4-21(30)32-25-19(28)11-12-20(25)29/h14-15,17-18,22-24,26-27,29,31H,3-13,16,19-21,25,28H2,1-2H3,(H2,44,48)(H,46,54)(H,47,55);8-9,12-14,17-18H,6-7,10-11,15-16,30H2,1-5H3,(H,32,36)(H,33,34,38);9-10,15-16H,1-8,11-14H2,(H,23,31). The van der Waals surface area contributed by atoms with Gasteiger partial charge in [-0.2, -0.15) is 0 Å². The summed E-state index contributed by atoms with van der Waals surface area (Å²) in [5.41, 5.74) is 18.0. The van der Waals surface area contributed by atoms with Crippen molar-refractivity contribution in [1.82, 2.24) is 50.6 Å². The third-order valence-electron chi connectivity index (χ3n) is 22.4. The van der Waals surface area contributed by atoms with Gasteiger partial charge in [0, 0.05) is 186 Å². The number of carbonyl (C=O) groups is 15. The van der Waals surface area contributed by atoms with E-state index in [4.69, 9.17) is 21.0 Å². The Morgan fingerprint density at radius 1 is 0.512 bits per heavy atom. The number of aliphatic imine (C=N–C) groups is 2. The second-order valence-electron chi connectivity index (χ2n) is 33.9. The van der Waals surface area contributed by atoms with Crippen molar-refractivity contribution in [2.75, 3.05) is 63.0 Å². The van der Waals surface area contributed by atoms with Gasteiger partial charge in [-0.05, 0) is 201 Å². The predicted octanol–water partition coefficient (Wildman–Crippen LogP) is 11.5.